The van der Waals surface area contributed by atoms with E-state index in [2.05, 4.69) is 6.92 Å². The van der Waals surface area contributed by atoms with Crippen LogP contribution in [0, 0.1) is 0 Å². The van der Waals surface area contributed by atoms with Gasteiger partial charge in [-0.05, 0) is 19.3 Å². The van der Waals surface area contributed by atoms with Gasteiger partial charge in [0.15, 0.2) is 0 Å². The van der Waals surface area contributed by atoms with Gasteiger partial charge in [-0.1, -0.05) is 32.6 Å². The molecule has 1 aliphatic carbocycles. The summed E-state index contributed by atoms with van der Waals surface area (Å²) in [5.74, 6) is -0.817. The van der Waals surface area contributed by atoms with Crippen molar-refractivity contribution in [3.8, 4) is 0 Å². The molecule has 0 unspecified atom stereocenters. The number of nitrogens with zero attached hydrogens (tertiary/aromatic N) is 2. The second-order valence-electron chi connectivity index (χ2n) is 5.97. The Morgan fingerprint density at radius 3 is 2.25 bits per heavy atom. The molecule has 0 aromatic carbocycles. The van der Waals surface area contributed by atoms with Gasteiger partial charge in [-0.15, -0.1) is 0 Å². The van der Waals surface area contributed by atoms with Crippen molar-refractivity contribution >= 4 is 12.0 Å². The lowest BCUT2D eigenvalue weighted by atomic mass is 9.78. The van der Waals surface area contributed by atoms with Crippen LogP contribution < -0.4 is 0 Å². The molecule has 0 radical (unpaired) electrons. The SMILES string of the molecule is CCCCN(C)C(=O)N(C)C1(CC(=O)O)CCCCC1. The highest BCUT2D eigenvalue weighted by molar-refractivity contribution is 5.76. The van der Waals surface area contributed by atoms with Gasteiger partial charge in [-0.25, -0.2) is 4.79 Å². The predicted molar refractivity (Wildman–Crippen MR) is 78.8 cm³/mol. The summed E-state index contributed by atoms with van der Waals surface area (Å²) in [6, 6.07) is -0.0541. The smallest absolute Gasteiger partial charge is 0.319 e. The van der Waals surface area contributed by atoms with Gasteiger partial charge >= 0.3 is 12.0 Å². The number of amides is 2. The number of hydrogen-bond acceptors (Lipinski definition) is 2. The van der Waals surface area contributed by atoms with Crippen LogP contribution in [0.15, 0.2) is 0 Å². The van der Waals surface area contributed by atoms with E-state index in [4.69, 9.17) is 0 Å². The molecule has 1 saturated carbocycles. The van der Waals surface area contributed by atoms with Gasteiger partial charge < -0.3 is 14.9 Å². The van der Waals surface area contributed by atoms with Crippen molar-refractivity contribution in [2.45, 2.75) is 63.8 Å². The largest absolute Gasteiger partial charge is 0.481 e. The van der Waals surface area contributed by atoms with Gasteiger partial charge in [-0.3, -0.25) is 4.79 Å². The Bertz CT molecular complexity index is 338. The molecule has 0 aliphatic heterocycles. The van der Waals surface area contributed by atoms with E-state index in [9.17, 15) is 14.7 Å². The number of rotatable bonds is 6. The summed E-state index contributed by atoms with van der Waals surface area (Å²) in [6.45, 7) is 2.82. The highest BCUT2D eigenvalue weighted by Gasteiger charge is 2.41. The summed E-state index contributed by atoms with van der Waals surface area (Å²) in [4.78, 5) is 27.1. The van der Waals surface area contributed by atoms with Crippen LogP contribution in [0.5, 0.6) is 0 Å². The zero-order valence-electron chi connectivity index (χ0n) is 13.0. The van der Waals surface area contributed by atoms with Crippen LogP contribution in [-0.2, 0) is 4.79 Å². The number of aliphatic carboxylic acids is 1. The Hall–Kier alpha value is -1.26. The van der Waals surface area contributed by atoms with Gasteiger partial charge in [0.05, 0.1) is 12.0 Å². The minimum absolute atomic E-state index is 0.0524. The van der Waals surface area contributed by atoms with E-state index in [1.165, 1.54) is 0 Å². The molecule has 0 saturated heterocycles. The third kappa shape index (κ3) is 4.12. The van der Waals surface area contributed by atoms with Gasteiger partial charge in [0.1, 0.15) is 0 Å². The zero-order chi connectivity index (χ0) is 15.2. The molecular formula is C15H28N2O3. The van der Waals surface area contributed by atoms with E-state index in [1.54, 1.807) is 23.9 Å². The summed E-state index contributed by atoms with van der Waals surface area (Å²) < 4.78 is 0. The van der Waals surface area contributed by atoms with Crippen molar-refractivity contribution in [3.05, 3.63) is 0 Å². The van der Waals surface area contributed by atoms with Crippen LogP contribution in [0.4, 0.5) is 4.79 Å². The van der Waals surface area contributed by atoms with Gasteiger partial charge in [-0.2, -0.15) is 0 Å². The topological polar surface area (TPSA) is 60.9 Å². The number of carboxylic acid groups (broad SMARTS) is 1. The first-order valence-electron chi connectivity index (χ1n) is 7.63. The monoisotopic (exact) mass is 284 g/mol. The molecule has 0 aromatic rings. The van der Waals surface area contributed by atoms with Crippen LogP contribution in [-0.4, -0.2) is 53.1 Å². The molecule has 116 valence electrons. The van der Waals surface area contributed by atoms with Crippen molar-refractivity contribution < 1.29 is 14.7 Å². The molecule has 20 heavy (non-hydrogen) atoms. The third-order valence-electron chi connectivity index (χ3n) is 4.44. The maximum absolute atomic E-state index is 12.5. The van der Waals surface area contributed by atoms with Gasteiger partial charge in [0.2, 0.25) is 0 Å². The summed E-state index contributed by atoms with van der Waals surface area (Å²) in [5, 5.41) is 9.19. The molecule has 2 amide bonds. The molecule has 0 heterocycles. The molecule has 1 fully saturated rings. The zero-order valence-corrected chi connectivity index (χ0v) is 13.0. The van der Waals surface area contributed by atoms with Crippen LogP contribution in [0.2, 0.25) is 0 Å². The first-order chi connectivity index (χ1) is 9.43. The molecule has 5 nitrogen and oxygen atoms in total. The van der Waals surface area contributed by atoms with E-state index in [1.807, 2.05) is 0 Å². The van der Waals surface area contributed by atoms with Crippen molar-refractivity contribution in [1.29, 1.82) is 0 Å². The molecule has 1 aliphatic rings. The highest BCUT2D eigenvalue weighted by Crippen LogP contribution is 2.36. The maximum atomic E-state index is 12.5. The fourth-order valence-corrected chi connectivity index (χ4v) is 3.07. The lowest BCUT2D eigenvalue weighted by molar-refractivity contribution is -0.140. The lowest BCUT2D eigenvalue weighted by Crippen LogP contribution is -2.55. The van der Waals surface area contributed by atoms with Gasteiger partial charge in [0, 0.05) is 20.6 Å². The van der Waals surface area contributed by atoms with E-state index in [0.29, 0.717) is 0 Å². The van der Waals surface area contributed by atoms with Crippen LogP contribution >= 0.6 is 0 Å². The average Bonchev–Trinajstić information content (AvgIpc) is 2.43. The van der Waals surface area contributed by atoms with E-state index in [0.717, 1.165) is 51.5 Å². The standard InChI is InChI=1S/C15H28N2O3/c1-4-5-11-16(2)14(20)17(3)15(12-13(18)19)9-7-6-8-10-15/h4-12H2,1-3H3,(H,18,19). The normalized spacial score (nSPS) is 17.6. The number of carbonyl (C=O) groups excluding carboxylic acids is 1. The highest BCUT2D eigenvalue weighted by atomic mass is 16.4. The fraction of sp³-hybridized carbons (Fsp3) is 0.867. The number of hydrogen-bond donors (Lipinski definition) is 1. The molecule has 0 bridgehead atoms. The lowest BCUT2D eigenvalue weighted by Gasteiger charge is -2.45. The summed E-state index contributed by atoms with van der Waals surface area (Å²) in [5.41, 5.74) is -0.498. The Morgan fingerprint density at radius 1 is 1.15 bits per heavy atom. The van der Waals surface area contributed by atoms with Crippen molar-refractivity contribution in [2.24, 2.45) is 0 Å². The Morgan fingerprint density at radius 2 is 1.75 bits per heavy atom. The number of urea groups is 1. The van der Waals surface area contributed by atoms with E-state index >= 15 is 0 Å². The van der Waals surface area contributed by atoms with E-state index < -0.39 is 11.5 Å². The molecule has 5 heteroatoms. The predicted octanol–water partition coefficient (Wildman–Crippen LogP) is 2.95. The molecule has 0 aromatic heterocycles. The number of carboxylic acids is 1. The number of carbonyl (C=O) groups is 2. The van der Waals surface area contributed by atoms with Crippen LogP contribution in [0.3, 0.4) is 0 Å². The Labute approximate surface area is 121 Å². The fourth-order valence-electron chi connectivity index (χ4n) is 3.07. The Kier molecular flexibility index (Phi) is 6.30. The Balaban J connectivity index is 2.78. The molecular weight excluding hydrogens is 256 g/mol. The molecule has 1 N–H and O–H groups in total. The molecule has 0 spiro atoms. The van der Waals surface area contributed by atoms with E-state index in [-0.39, 0.29) is 12.5 Å². The van der Waals surface area contributed by atoms with Gasteiger partial charge in [0.25, 0.3) is 0 Å². The quantitative estimate of drug-likeness (QED) is 0.815. The summed E-state index contributed by atoms with van der Waals surface area (Å²) in [7, 11) is 3.56. The minimum Gasteiger partial charge on any atom is -0.481 e. The van der Waals surface area contributed by atoms with Crippen LogP contribution in [0.1, 0.15) is 58.3 Å². The first kappa shape index (κ1) is 16.8. The summed E-state index contributed by atoms with van der Waals surface area (Å²) in [6.07, 6.45) is 6.80. The second kappa shape index (κ2) is 7.50. The second-order valence-corrected chi connectivity index (χ2v) is 5.97. The average molecular weight is 284 g/mol. The molecule has 1 rings (SSSR count). The maximum Gasteiger partial charge on any atom is 0.319 e. The summed E-state index contributed by atoms with van der Waals surface area (Å²) >= 11 is 0. The van der Waals surface area contributed by atoms with Crippen molar-refractivity contribution in [1.82, 2.24) is 9.80 Å². The third-order valence-corrected chi connectivity index (χ3v) is 4.44. The van der Waals surface area contributed by atoms with Crippen LogP contribution in [0.25, 0.3) is 0 Å². The first-order valence-corrected chi connectivity index (χ1v) is 7.63. The van der Waals surface area contributed by atoms with Crippen molar-refractivity contribution in [2.75, 3.05) is 20.6 Å². The molecule has 0 atom stereocenters. The minimum atomic E-state index is -0.817. The number of unbranched alkanes of at least 4 members (excludes halogenated alkanes) is 1. The van der Waals surface area contributed by atoms with Crippen molar-refractivity contribution in [3.63, 3.8) is 0 Å².